The number of carbonyl (C=O) groups is 1. The number of halogens is 2. The van der Waals surface area contributed by atoms with Crippen LogP contribution in [-0.2, 0) is 10.0 Å². The molecule has 2 N–H and O–H groups in total. The minimum absolute atomic E-state index is 0.0467. The summed E-state index contributed by atoms with van der Waals surface area (Å²) in [6.07, 6.45) is 2.62. The van der Waals surface area contributed by atoms with Gasteiger partial charge >= 0.3 is 5.97 Å². The van der Waals surface area contributed by atoms with Gasteiger partial charge in [0.2, 0.25) is 0 Å². The first-order valence-electron chi connectivity index (χ1n) is 5.46. The Morgan fingerprint density at radius 3 is 2.57 bits per heavy atom. The molecule has 0 fully saturated rings. The van der Waals surface area contributed by atoms with Gasteiger partial charge in [-0.25, -0.2) is 13.2 Å². The summed E-state index contributed by atoms with van der Waals surface area (Å²) in [5, 5.41) is 9.19. The predicted molar refractivity (Wildman–Crippen MR) is 83.8 cm³/mol. The Labute approximate surface area is 137 Å². The SMILES string of the molecule is O=C(O)c1cc(Br)cc(Br)c1NS(=O)(=O)c1cccnc1. The molecule has 2 aromatic rings. The summed E-state index contributed by atoms with van der Waals surface area (Å²) >= 11 is 6.32. The van der Waals surface area contributed by atoms with E-state index < -0.39 is 16.0 Å². The number of aromatic nitrogens is 1. The first-order valence-corrected chi connectivity index (χ1v) is 8.53. The van der Waals surface area contributed by atoms with Crippen LogP contribution in [0.25, 0.3) is 0 Å². The molecule has 9 heteroatoms. The van der Waals surface area contributed by atoms with Crippen molar-refractivity contribution in [3.8, 4) is 0 Å². The lowest BCUT2D eigenvalue weighted by Crippen LogP contribution is -2.16. The van der Waals surface area contributed by atoms with E-state index in [2.05, 4.69) is 41.6 Å². The van der Waals surface area contributed by atoms with Gasteiger partial charge in [0.1, 0.15) is 4.90 Å². The molecular formula is C12H8Br2N2O4S. The van der Waals surface area contributed by atoms with Crippen molar-refractivity contribution in [2.45, 2.75) is 4.90 Å². The van der Waals surface area contributed by atoms with Crippen molar-refractivity contribution in [3.63, 3.8) is 0 Å². The number of hydrogen-bond acceptors (Lipinski definition) is 4. The highest BCUT2D eigenvalue weighted by atomic mass is 79.9. The number of hydrogen-bond donors (Lipinski definition) is 2. The molecular weight excluding hydrogens is 428 g/mol. The molecule has 0 bridgehead atoms. The molecule has 0 amide bonds. The lowest BCUT2D eigenvalue weighted by molar-refractivity contribution is 0.0698. The largest absolute Gasteiger partial charge is 0.478 e. The van der Waals surface area contributed by atoms with Crippen molar-refractivity contribution >= 4 is 53.5 Å². The Hall–Kier alpha value is -1.45. The molecule has 21 heavy (non-hydrogen) atoms. The van der Waals surface area contributed by atoms with Crippen molar-refractivity contribution < 1.29 is 18.3 Å². The molecule has 1 aromatic heterocycles. The molecule has 1 aromatic carbocycles. The second kappa shape index (κ2) is 6.12. The van der Waals surface area contributed by atoms with E-state index in [1.807, 2.05) is 0 Å². The number of benzene rings is 1. The molecule has 1 heterocycles. The van der Waals surface area contributed by atoms with Gasteiger partial charge in [0.05, 0.1) is 11.3 Å². The third-order valence-electron chi connectivity index (χ3n) is 2.47. The third-order valence-corrected chi connectivity index (χ3v) is 4.88. The topological polar surface area (TPSA) is 96.4 Å². The van der Waals surface area contributed by atoms with E-state index >= 15 is 0 Å². The highest BCUT2D eigenvalue weighted by molar-refractivity contribution is 9.11. The number of nitrogens with zero attached hydrogens (tertiary/aromatic N) is 1. The molecule has 0 radical (unpaired) electrons. The maximum atomic E-state index is 12.2. The van der Waals surface area contributed by atoms with Crippen LogP contribution in [-0.4, -0.2) is 24.5 Å². The van der Waals surface area contributed by atoms with Crippen molar-refractivity contribution in [2.75, 3.05) is 4.72 Å². The van der Waals surface area contributed by atoms with E-state index in [-0.39, 0.29) is 16.1 Å². The molecule has 0 atom stereocenters. The maximum Gasteiger partial charge on any atom is 0.337 e. The van der Waals surface area contributed by atoms with Crippen molar-refractivity contribution in [2.24, 2.45) is 0 Å². The highest BCUT2D eigenvalue weighted by Crippen LogP contribution is 2.32. The van der Waals surface area contributed by atoms with Gasteiger partial charge in [-0.2, -0.15) is 0 Å². The Balaban J connectivity index is 2.52. The number of carboxylic acids is 1. The molecule has 0 spiro atoms. The number of pyridine rings is 1. The number of anilines is 1. The van der Waals surface area contributed by atoms with Gasteiger partial charge in [0, 0.05) is 21.3 Å². The molecule has 0 saturated heterocycles. The predicted octanol–water partition coefficient (Wildman–Crippen LogP) is 3.11. The molecule has 0 unspecified atom stereocenters. The Morgan fingerprint density at radius 2 is 2.00 bits per heavy atom. The van der Waals surface area contributed by atoms with Crippen molar-refractivity contribution in [3.05, 3.63) is 51.2 Å². The summed E-state index contributed by atoms with van der Waals surface area (Å²) in [6.45, 7) is 0. The molecule has 2 rings (SSSR count). The second-order valence-corrected chi connectivity index (χ2v) is 7.36. The zero-order valence-corrected chi connectivity index (χ0v) is 14.2. The van der Waals surface area contributed by atoms with Gasteiger partial charge < -0.3 is 5.11 Å². The van der Waals surface area contributed by atoms with Crippen LogP contribution in [0.2, 0.25) is 0 Å². The minimum atomic E-state index is -3.93. The second-order valence-electron chi connectivity index (χ2n) is 3.91. The molecule has 0 saturated carbocycles. The molecule has 0 aliphatic heterocycles. The average molecular weight is 436 g/mol. The summed E-state index contributed by atoms with van der Waals surface area (Å²) < 4.78 is 27.6. The van der Waals surface area contributed by atoms with Crippen LogP contribution in [0.5, 0.6) is 0 Å². The maximum absolute atomic E-state index is 12.2. The number of rotatable bonds is 4. The number of sulfonamides is 1. The van der Waals surface area contributed by atoms with Crippen LogP contribution in [0, 0.1) is 0 Å². The average Bonchev–Trinajstić information content (AvgIpc) is 2.42. The Kier molecular flexibility index (Phi) is 4.64. The van der Waals surface area contributed by atoms with E-state index in [0.717, 1.165) is 0 Å². The van der Waals surface area contributed by atoms with E-state index in [0.29, 0.717) is 8.95 Å². The minimum Gasteiger partial charge on any atom is -0.478 e. The van der Waals surface area contributed by atoms with E-state index in [1.54, 1.807) is 6.07 Å². The van der Waals surface area contributed by atoms with Gasteiger partial charge in [0.15, 0.2) is 0 Å². The summed E-state index contributed by atoms with van der Waals surface area (Å²) in [4.78, 5) is 14.9. The summed E-state index contributed by atoms with van der Waals surface area (Å²) in [5.74, 6) is -1.25. The normalized spacial score (nSPS) is 11.1. The van der Waals surface area contributed by atoms with Crippen LogP contribution >= 0.6 is 31.9 Å². The molecule has 0 aliphatic carbocycles. The van der Waals surface area contributed by atoms with Gasteiger partial charge in [-0.05, 0) is 40.2 Å². The Bertz CT molecular complexity index is 794. The van der Waals surface area contributed by atoms with Crippen molar-refractivity contribution in [1.82, 2.24) is 4.98 Å². The fourth-order valence-corrected chi connectivity index (χ4v) is 4.06. The lowest BCUT2D eigenvalue weighted by atomic mass is 10.2. The van der Waals surface area contributed by atoms with Crippen LogP contribution in [0.4, 0.5) is 5.69 Å². The molecule has 110 valence electrons. The fraction of sp³-hybridized carbons (Fsp3) is 0. The number of nitrogens with one attached hydrogen (secondary N) is 1. The molecule has 6 nitrogen and oxygen atoms in total. The van der Waals surface area contributed by atoms with Gasteiger partial charge in [-0.15, -0.1) is 0 Å². The lowest BCUT2D eigenvalue weighted by Gasteiger charge is -2.12. The van der Waals surface area contributed by atoms with Gasteiger partial charge in [-0.3, -0.25) is 9.71 Å². The van der Waals surface area contributed by atoms with Crippen LogP contribution in [0.3, 0.4) is 0 Å². The first-order chi connectivity index (χ1) is 9.81. The Morgan fingerprint density at radius 1 is 1.29 bits per heavy atom. The fourth-order valence-electron chi connectivity index (χ4n) is 1.55. The highest BCUT2D eigenvalue weighted by Gasteiger charge is 2.21. The van der Waals surface area contributed by atoms with E-state index in [4.69, 9.17) is 0 Å². The monoisotopic (exact) mass is 434 g/mol. The van der Waals surface area contributed by atoms with Crippen LogP contribution in [0.1, 0.15) is 10.4 Å². The van der Waals surface area contributed by atoms with Crippen molar-refractivity contribution in [1.29, 1.82) is 0 Å². The van der Waals surface area contributed by atoms with Crippen LogP contribution < -0.4 is 4.72 Å². The zero-order valence-electron chi connectivity index (χ0n) is 10.2. The van der Waals surface area contributed by atoms with E-state index in [9.17, 15) is 18.3 Å². The first kappa shape index (κ1) is 15.9. The van der Waals surface area contributed by atoms with Gasteiger partial charge in [0.25, 0.3) is 10.0 Å². The summed E-state index contributed by atoms with van der Waals surface area (Å²) in [6, 6.07) is 5.70. The smallest absolute Gasteiger partial charge is 0.337 e. The number of carboxylic acid groups (broad SMARTS) is 1. The summed E-state index contributed by atoms with van der Waals surface area (Å²) in [5.41, 5.74) is -0.224. The summed E-state index contributed by atoms with van der Waals surface area (Å²) in [7, 11) is -3.93. The van der Waals surface area contributed by atoms with Crippen LogP contribution in [0.15, 0.2) is 50.5 Å². The quantitative estimate of drug-likeness (QED) is 0.768. The third kappa shape index (κ3) is 3.60. The van der Waals surface area contributed by atoms with E-state index in [1.165, 1.54) is 30.6 Å². The number of aromatic carboxylic acids is 1. The zero-order chi connectivity index (χ0) is 15.6. The molecule has 0 aliphatic rings. The standard InChI is InChI=1S/C12H8Br2N2O4S/c13-7-4-9(12(17)18)11(10(14)5-7)16-21(19,20)8-2-1-3-15-6-8/h1-6,16H,(H,17,18). The van der Waals surface area contributed by atoms with Gasteiger partial charge in [-0.1, -0.05) is 15.9 Å².